The molecule has 0 bridgehead atoms. The zero-order valence-electron chi connectivity index (χ0n) is 21.0. The zero-order valence-corrected chi connectivity index (χ0v) is 21.0. The van der Waals surface area contributed by atoms with Crippen molar-refractivity contribution in [2.45, 2.75) is 45.9 Å². The quantitative estimate of drug-likeness (QED) is 0.251. The molecule has 1 aliphatic rings. The molecule has 1 aromatic heterocycles. The van der Waals surface area contributed by atoms with E-state index in [1.54, 1.807) is 7.11 Å². The van der Waals surface area contributed by atoms with Crippen molar-refractivity contribution in [1.82, 2.24) is 14.5 Å². The maximum atomic E-state index is 5.63. The highest BCUT2D eigenvalue weighted by Gasteiger charge is 2.18. The van der Waals surface area contributed by atoms with E-state index in [-0.39, 0.29) is 6.79 Å². The average Bonchev–Trinajstić information content (AvgIpc) is 3.54. The molecule has 1 aliphatic heterocycles. The lowest BCUT2D eigenvalue weighted by atomic mass is 10.1. The maximum absolute atomic E-state index is 5.63. The van der Waals surface area contributed by atoms with Gasteiger partial charge in [0.1, 0.15) is 11.6 Å². The van der Waals surface area contributed by atoms with E-state index in [4.69, 9.17) is 19.2 Å². The lowest BCUT2D eigenvalue weighted by Crippen LogP contribution is -2.24. The van der Waals surface area contributed by atoms with Crippen LogP contribution in [0.15, 0.2) is 79.0 Å². The number of imidazole rings is 1. The minimum atomic E-state index is 0.288. The monoisotopic (exact) mass is 483 g/mol. The van der Waals surface area contributed by atoms with Gasteiger partial charge in [-0.25, -0.2) is 4.98 Å². The van der Waals surface area contributed by atoms with Gasteiger partial charge >= 0.3 is 0 Å². The molecule has 6 heteroatoms. The summed E-state index contributed by atoms with van der Waals surface area (Å²) >= 11 is 0. The third-order valence-electron chi connectivity index (χ3n) is 6.48. The fraction of sp³-hybridized carbons (Fsp3) is 0.300. The molecule has 4 aromatic rings. The first kappa shape index (κ1) is 23.9. The molecule has 6 nitrogen and oxygen atoms in total. The molecule has 0 fully saturated rings. The Hall–Kier alpha value is -3.77. The highest BCUT2D eigenvalue weighted by molar-refractivity contribution is 5.58. The molecule has 0 aliphatic carbocycles. The number of methoxy groups -OCH3 is 1. The van der Waals surface area contributed by atoms with Gasteiger partial charge < -0.3 is 18.8 Å². The lowest BCUT2D eigenvalue weighted by molar-refractivity contribution is 0.174. The summed E-state index contributed by atoms with van der Waals surface area (Å²) in [7, 11) is 1.70. The van der Waals surface area contributed by atoms with Crippen molar-refractivity contribution in [3.05, 3.63) is 95.8 Å². The molecule has 3 aromatic carbocycles. The molecular formula is C30H33N3O3. The predicted molar refractivity (Wildman–Crippen MR) is 141 cm³/mol. The second-order valence-electron chi connectivity index (χ2n) is 9.13. The molecule has 0 amide bonds. The fourth-order valence-electron chi connectivity index (χ4n) is 4.63. The van der Waals surface area contributed by atoms with E-state index >= 15 is 0 Å². The number of hydrogen-bond acceptors (Lipinski definition) is 5. The van der Waals surface area contributed by atoms with Crippen LogP contribution in [-0.4, -0.2) is 28.4 Å². The smallest absolute Gasteiger partial charge is 0.231 e. The first-order valence-corrected chi connectivity index (χ1v) is 12.6. The third kappa shape index (κ3) is 5.55. The first-order chi connectivity index (χ1) is 17.7. The highest BCUT2D eigenvalue weighted by Crippen LogP contribution is 2.33. The van der Waals surface area contributed by atoms with Crippen molar-refractivity contribution in [3.8, 4) is 28.6 Å². The van der Waals surface area contributed by atoms with Gasteiger partial charge in [0.15, 0.2) is 11.5 Å². The fourth-order valence-corrected chi connectivity index (χ4v) is 4.63. The summed E-state index contributed by atoms with van der Waals surface area (Å²) < 4.78 is 19.0. The van der Waals surface area contributed by atoms with Crippen LogP contribution in [0.5, 0.6) is 17.2 Å². The van der Waals surface area contributed by atoms with Gasteiger partial charge in [0.25, 0.3) is 0 Å². The third-order valence-corrected chi connectivity index (χ3v) is 6.48. The van der Waals surface area contributed by atoms with Crippen LogP contribution in [0.4, 0.5) is 0 Å². The zero-order chi connectivity index (χ0) is 24.7. The van der Waals surface area contributed by atoms with Crippen LogP contribution in [0.2, 0.25) is 0 Å². The normalized spacial score (nSPS) is 12.3. The second kappa shape index (κ2) is 11.3. The van der Waals surface area contributed by atoms with E-state index in [2.05, 4.69) is 71.0 Å². The number of ether oxygens (including phenoxy) is 3. The SMILES string of the molecule is CCCCn1c(CN(Cc2ccccc2)Cc2ccc3c(c2)OCO3)cnc1-c1cccc(OC)c1. The number of hydrogen-bond donors (Lipinski definition) is 0. The summed E-state index contributed by atoms with van der Waals surface area (Å²) in [5.41, 5.74) is 4.76. The number of unbranched alkanes of at least 4 members (excludes halogenated alkanes) is 1. The van der Waals surface area contributed by atoms with Crippen LogP contribution >= 0.6 is 0 Å². The van der Waals surface area contributed by atoms with Crippen molar-refractivity contribution in [1.29, 1.82) is 0 Å². The summed E-state index contributed by atoms with van der Waals surface area (Å²) in [5.74, 6) is 3.46. The van der Waals surface area contributed by atoms with Gasteiger partial charge in [0, 0.05) is 31.7 Å². The van der Waals surface area contributed by atoms with E-state index in [1.165, 1.54) is 16.8 Å². The Balaban J connectivity index is 1.45. The van der Waals surface area contributed by atoms with Gasteiger partial charge in [0.2, 0.25) is 6.79 Å². The number of rotatable bonds is 11. The lowest BCUT2D eigenvalue weighted by Gasteiger charge is -2.24. The second-order valence-corrected chi connectivity index (χ2v) is 9.13. The van der Waals surface area contributed by atoms with Gasteiger partial charge in [0.05, 0.1) is 19.0 Å². The summed E-state index contributed by atoms with van der Waals surface area (Å²) in [4.78, 5) is 7.33. The molecule has 0 radical (unpaired) electrons. The largest absolute Gasteiger partial charge is 0.497 e. The van der Waals surface area contributed by atoms with E-state index in [9.17, 15) is 0 Å². The van der Waals surface area contributed by atoms with Crippen LogP contribution in [-0.2, 0) is 26.2 Å². The van der Waals surface area contributed by atoms with E-state index in [0.29, 0.717) is 0 Å². The van der Waals surface area contributed by atoms with E-state index < -0.39 is 0 Å². The van der Waals surface area contributed by atoms with Crippen molar-refractivity contribution >= 4 is 0 Å². The molecule has 0 spiro atoms. The van der Waals surface area contributed by atoms with E-state index in [0.717, 1.165) is 67.7 Å². The summed E-state index contributed by atoms with van der Waals surface area (Å²) in [6, 6.07) is 25.0. The van der Waals surface area contributed by atoms with Crippen molar-refractivity contribution < 1.29 is 14.2 Å². The van der Waals surface area contributed by atoms with Crippen LogP contribution in [0.3, 0.4) is 0 Å². The molecule has 36 heavy (non-hydrogen) atoms. The van der Waals surface area contributed by atoms with Crippen LogP contribution in [0.1, 0.15) is 36.6 Å². The molecule has 186 valence electrons. The molecule has 0 saturated carbocycles. The standard InChI is InChI=1S/C30H33N3O3/c1-3-4-15-33-26(18-31-30(33)25-11-8-12-27(17-25)34-2)21-32(19-23-9-6-5-7-10-23)20-24-13-14-28-29(16-24)36-22-35-28/h5-14,16-18H,3-4,15,19-22H2,1-2H3. The summed E-state index contributed by atoms with van der Waals surface area (Å²) in [5, 5.41) is 0. The van der Waals surface area contributed by atoms with Crippen LogP contribution < -0.4 is 14.2 Å². The van der Waals surface area contributed by atoms with Gasteiger partial charge in [-0.1, -0.05) is 61.9 Å². The van der Waals surface area contributed by atoms with Crippen LogP contribution in [0.25, 0.3) is 11.4 Å². The average molecular weight is 484 g/mol. The van der Waals surface area contributed by atoms with Crippen molar-refractivity contribution in [3.63, 3.8) is 0 Å². The Kier molecular flexibility index (Phi) is 7.52. The number of benzene rings is 3. The van der Waals surface area contributed by atoms with Crippen molar-refractivity contribution in [2.75, 3.05) is 13.9 Å². The Morgan fingerprint density at radius 2 is 1.72 bits per heavy atom. The minimum absolute atomic E-state index is 0.288. The summed E-state index contributed by atoms with van der Waals surface area (Å²) in [6.45, 7) is 5.85. The summed E-state index contributed by atoms with van der Waals surface area (Å²) in [6.07, 6.45) is 4.25. The maximum Gasteiger partial charge on any atom is 0.231 e. The molecule has 2 heterocycles. The topological polar surface area (TPSA) is 48.8 Å². The molecule has 0 unspecified atom stereocenters. The Labute approximate surface area is 213 Å². The number of fused-ring (bicyclic) bond motifs is 1. The molecule has 0 N–H and O–H groups in total. The minimum Gasteiger partial charge on any atom is -0.497 e. The van der Waals surface area contributed by atoms with Crippen LogP contribution in [0, 0.1) is 0 Å². The molecular weight excluding hydrogens is 450 g/mol. The number of nitrogens with zero attached hydrogens (tertiary/aromatic N) is 3. The van der Waals surface area contributed by atoms with Gasteiger partial charge in [-0.3, -0.25) is 4.90 Å². The van der Waals surface area contributed by atoms with E-state index in [1.807, 2.05) is 24.4 Å². The van der Waals surface area contributed by atoms with Crippen molar-refractivity contribution in [2.24, 2.45) is 0 Å². The predicted octanol–water partition coefficient (Wildman–Crippen LogP) is 6.29. The highest BCUT2D eigenvalue weighted by atomic mass is 16.7. The Morgan fingerprint density at radius 3 is 2.56 bits per heavy atom. The molecule has 5 rings (SSSR count). The Bertz CT molecular complexity index is 1290. The van der Waals surface area contributed by atoms with Gasteiger partial charge in [-0.2, -0.15) is 0 Å². The Morgan fingerprint density at radius 1 is 0.889 bits per heavy atom. The molecule has 0 atom stereocenters. The van der Waals surface area contributed by atoms with Gasteiger partial charge in [-0.15, -0.1) is 0 Å². The molecule has 0 saturated heterocycles. The number of aromatic nitrogens is 2. The first-order valence-electron chi connectivity index (χ1n) is 12.6. The van der Waals surface area contributed by atoms with Gasteiger partial charge in [-0.05, 0) is 41.8 Å².